The number of hydrogen-bond acceptors (Lipinski definition) is 2. The Hall–Kier alpha value is -0.450. The molecule has 0 saturated carbocycles. The molecule has 1 aromatic carbocycles. The molecular weight excluding hydrogens is 273 g/mol. The van der Waals surface area contributed by atoms with Crippen LogP contribution in [0.5, 0.6) is 0 Å². The Labute approximate surface area is 106 Å². The van der Waals surface area contributed by atoms with Gasteiger partial charge in [0.05, 0.1) is 0 Å². The molecule has 4 heteroatoms. The third-order valence-electron chi connectivity index (χ3n) is 1.29. The van der Waals surface area contributed by atoms with Crippen molar-refractivity contribution in [1.29, 1.82) is 0 Å². The summed E-state index contributed by atoms with van der Waals surface area (Å²) >= 11 is 3.36. The van der Waals surface area contributed by atoms with Crippen molar-refractivity contribution in [2.75, 3.05) is 20.9 Å². The van der Waals surface area contributed by atoms with Crippen LogP contribution in [-0.2, 0) is 4.74 Å². The highest BCUT2D eigenvalue weighted by atomic mass is 79.9. The minimum absolute atomic E-state index is 0.0417. The van der Waals surface area contributed by atoms with Crippen LogP contribution in [0, 0.1) is 6.92 Å². The van der Waals surface area contributed by atoms with Gasteiger partial charge >= 0.3 is 0 Å². The number of ether oxygens (including phenoxy) is 1. The van der Waals surface area contributed by atoms with Gasteiger partial charge in [-0.2, -0.15) is 0 Å². The quantitative estimate of drug-likeness (QED) is 0.599. The van der Waals surface area contributed by atoms with E-state index in [2.05, 4.69) is 39.7 Å². The number of nitrogens with zero attached hydrogens (tertiary/aromatic N) is 1. The minimum Gasteiger partial charge on any atom is -0.367 e. The van der Waals surface area contributed by atoms with E-state index in [-0.39, 0.29) is 6.73 Å². The van der Waals surface area contributed by atoms with Crippen molar-refractivity contribution in [1.82, 2.24) is 5.12 Å². The molecule has 0 aromatic heterocycles. The molecule has 0 heterocycles. The van der Waals surface area contributed by atoms with Gasteiger partial charge in [-0.15, -0.1) is 9.60 Å². The van der Waals surface area contributed by atoms with Crippen LogP contribution in [0.3, 0.4) is 0 Å². The highest BCUT2D eigenvalue weighted by Crippen LogP contribution is 2.09. The summed E-state index contributed by atoms with van der Waals surface area (Å²) in [6.07, 6.45) is 0. The fraction of sp³-hybridized carbons (Fsp3) is 0.500. The SMILES string of the molecule is CC.COCN(C)F.Cc1cccc(Br)c1. The minimum atomic E-state index is 0.0417. The zero-order chi connectivity index (χ0) is 13.0. The second-order valence-electron chi connectivity index (χ2n) is 2.82. The van der Waals surface area contributed by atoms with Crippen molar-refractivity contribution in [2.24, 2.45) is 0 Å². The van der Waals surface area contributed by atoms with Gasteiger partial charge in [0.2, 0.25) is 0 Å². The zero-order valence-corrected chi connectivity index (χ0v) is 12.2. The van der Waals surface area contributed by atoms with Gasteiger partial charge in [0.1, 0.15) is 6.73 Å². The van der Waals surface area contributed by atoms with E-state index in [1.54, 1.807) is 0 Å². The van der Waals surface area contributed by atoms with Gasteiger partial charge in [0, 0.05) is 18.6 Å². The lowest BCUT2D eigenvalue weighted by atomic mass is 10.2. The van der Waals surface area contributed by atoms with E-state index in [9.17, 15) is 4.48 Å². The lowest BCUT2D eigenvalue weighted by Gasteiger charge is -1.98. The number of rotatable bonds is 2. The van der Waals surface area contributed by atoms with E-state index < -0.39 is 0 Å². The molecule has 0 N–H and O–H groups in total. The summed E-state index contributed by atoms with van der Waals surface area (Å²) in [4.78, 5) is 0. The lowest BCUT2D eigenvalue weighted by molar-refractivity contribution is -0.0461. The molecule has 1 aromatic rings. The van der Waals surface area contributed by atoms with E-state index in [0.29, 0.717) is 5.12 Å². The van der Waals surface area contributed by atoms with Crippen molar-refractivity contribution < 1.29 is 9.22 Å². The summed E-state index contributed by atoms with van der Waals surface area (Å²) in [7, 11) is 2.74. The van der Waals surface area contributed by atoms with Gasteiger partial charge in [-0.1, -0.05) is 47.5 Å². The van der Waals surface area contributed by atoms with Crippen LogP contribution in [0.25, 0.3) is 0 Å². The van der Waals surface area contributed by atoms with Gasteiger partial charge in [0.25, 0.3) is 0 Å². The molecule has 0 fully saturated rings. The Kier molecular flexibility index (Phi) is 14.1. The van der Waals surface area contributed by atoms with Gasteiger partial charge in [-0.3, -0.25) is 0 Å². The van der Waals surface area contributed by atoms with Crippen molar-refractivity contribution in [2.45, 2.75) is 20.8 Å². The number of halogens is 2. The van der Waals surface area contributed by atoms with Crippen LogP contribution in [0.2, 0.25) is 0 Å². The molecule has 94 valence electrons. The van der Waals surface area contributed by atoms with Crippen LogP contribution in [0.15, 0.2) is 28.7 Å². The van der Waals surface area contributed by atoms with E-state index in [1.807, 2.05) is 26.0 Å². The predicted octanol–water partition coefficient (Wildman–Crippen LogP) is 4.19. The van der Waals surface area contributed by atoms with Crippen LogP contribution >= 0.6 is 15.9 Å². The Morgan fingerprint density at radius 3 is 2.12 bits per heavy atom. The molecule has 16 heavy (non-hydrogen) atoms. The predicted molar refractivity (Wildman–Crippen MR) is 71.0 cm³/mol. The lowest BCUT2D eigenvalue weighted by Crippen LogP contribution is -2.08. The highest BCUT2D eigenvalue weighted by molar-refractivity contribution is 9.10. The monoisotopic (exact) mass is 293 g/mol. The standard InChI is InChI=1S/C7H7Br.C3H8FNO.C2H6/c1-6-3-2-4-7(8)5-6;1-5(4)3-6-2;1-2/h2-5H,1H3;3H2,1-2H3;1-2H3. The maximum Gasteiger partial charge on any atom is 0.126 e. The smallest absolute Gasteiger partial charge is 0.126 e. The van der Waals surface area contributed by atoms with Crippen LogP contribution in [0.1, 0.15) is 19.4 Å². The molecule has 0 saturated heterocycles. The van der Waals surface area contributed by atoms with Crippen LogP contribution in [0.4, 0.5) is 4.48 Å². The Morgan fingerprint density at radius 1 is 1.38 bits per heavy atom. The van der Waals surface area contributed by atoms with Gasteiger partial charge < -0.3 is 4.74 Å². The number of methoxy groups -OCH3 is 1. The molecular formula is C12H21BrFNO. The molecule has 0 spiro atoms. The second kappa shape index (κ2) is 12.6. The number of benzene rings is 1. The molecule has 0 aliphatic heterocycles. The normalized spacial score (nSPS) is 8.75. The van der Waals surface area contributed by atoms with E-state index in [0.717, 1.165) is 4.47 Å². The second-order valence-corrected chi connectivity index (χ2v) is 3.74. The molecule has 2 nitrogen and oxygen atoms in total. The summed E-state index contributed by atoms with van der Waals surface area (Å²) in [6, 6.07) is 8.21. The molecule has 0 unspecified atom stereocenters. The third-order valence-corrected chi connectivity index (χ3v) is 1.78. The fourth-order valence-corrected chi connectivity index (χ4v) is 1.30. The summed E-state index contributed by atoms with van der Waals surface area (Å²) in [5, 5.41) is 0.458. The average Bonchev–Trinajstić information content (AvgIpc) is 2.21. The van der Waals surface area contributed by atoms with Crippen LogP contribution < -0.4 is 0 Å². The zero-order valence-electron chi connectivity index (χ0n) is 10.6. The maximum atomic E-state index is 11.4. The first-order valence-corrected chi connectivity index (χ1v) is 5.93. The first-order valence-electron chi connectivity index (χ1n) is 5.14. The van der Waals surface area contributed by atoms with Crippen molar-refractivity contribution >= 4 is 15.9 Å². The molecule has 0 aliphatic rings. The molecule has 0 amide bonds. The molecule has 0 bridgehead atoms. The summed E-state index contributed by atoms with van der Waals surface area (Å²) in [5.74, 6) is 0. The third kappa shape index (κ3) is 13.5. The largest absolute Gasteiger partial charge is 0.367 e. The van der Waals surface area contributed by atoms with E-state index in [4.69, 9.17) is 0 Å². The summed E-state index contributed by atoms with van der Waals surface area (Å²) in [5.41, 5.74) is 1.29. The highest BCUT2D eigenvalue weighted by Gasteiger charge is 1.84. The first-order chi connectivity index (χ1) is 7.56. The average molecular weight is 294 g/mol. The van der Waals surface area contributed by atoms with Crippen LogP contribution in [-0.4, -0.2) is 26.0 Å². The summed E-state index contributed by atoms with van der Waals surface area (Å²) in [6.45, 7) is 6.12. The molecule has 0 aliphatic carbocycles. The Bertz CT molecular complexity index is 239. The van der Waals surface area contributed by atoms with Crippen molar-refractivity contribution in [3.05, 3.63) is 34.3 Å². The number of hydrogen-bond donors (Lipinski definition) is 0. The fourth-order valence-electron chi connectivity index (χ4n) is 0.783. The molecule has 0 radical (unpaired) electrons. The van der Waals surface area contributed by atoms with Gasteiger partial charge in [-0.05, 0) is 19.1 Å². The molecule has 1 rings (SSSR count). The molecule has 0 atom stereocenters. The topological polar surface area (TPSA) is 12.5 Å². The summed E-state index contributed by atoms with van der Waals surface area (Å²) < 4.78 is 16.9. The van der Waals surface area contributed by atoms with E-state index in [1.165, 1.54) is 19.7 Å². The van der Waals surface area contributed by atoms with Crippen molar-refractivity contribution in [3.8, 4) is 0 Å². The maximum absolute atomic E-state index is 11.4. The Morgan fingerprint density at radius 2 is 1.94 bits per heavy atom. The Balaban J connectivity index is 0. The number of aryl methyl sites for hydroxylation is 1. The van der Waals surface area contributed by atoms with Gasteiger partial charge in [-0.25, -0.2) is 0 Å². The van der Waals surface area contributed by atoms with Gasteiger partial charge in [0.15, 0.2) is 0 Å². The van der Waals surface area contributed by atoms with E-state index >= 15 is 0 Å². The first kappa shape index (κ1) is 17.9. The van der Waals surface area contributed by atoms with Crippen molar-refractivity contribution in [3.63, 3.8) is 0 Å².